The Kier molecular flexibility index (Phi) is 9.90. The summed E-state index contributed by atoms with van der Waals surface area (Å²) >= 11 is 0. The van der Waals surface area contributed by atoms with Gasteiger partial charge in [-0.15, -0.1) is 0 Å². The van der Waals surface area contributed by atoms with Crippen LogP contribution in [0.5, 0.6) is 23.0 Å². The monoisotopic (exact) mass is 582 g/mol. The molecule has 0 aliphatic rings. The number of ether oxygens (including phenoxy) is 3. The lowest BCUT2D eigenvalue weighted by Crippen LogP contribution is -2.22. The second kappa shape index (κ2) is 14.0. The van der Waals surface area contributed by atoms with E-state index >= 15 is 0 Å². The minimum Gasteiger partial charge on any atom is -0.504 e. The van der Waals surface area contributed by atoms with Crippen LogP contribution in [0.1, 0.15) is 78.7 Å². The molecule has 4 rings (SSSR count). The molecule has 0 fully saturated rings. The molecule has 0 heterocycles. The van der Waals surface area contributed by atoms with Crippen molar-refractivity contribution in [3.05, 3.63) is 118 Å². The Balaban J connectivity index is 2.02. The predicted octanol–water partition coefficient (Wildman–Crippen LogP) is 6.13. The summed E-state index contributed by atoms with van der Waals surface area (Å²) in [5.74, 6) is -6.48. The van der Waals surface area contributed by atoms with Crippen LogP contribution < -0.4 is 9.47 Å². The fourth-order valence-electron chi connectivity index (χ4n) is 4.40. The van der Waals surface area contributed by atoms with E-state index < -0.39 is 57.4 Å². The number of phenolic OH excluding ortho intramolecular Hbond substituents is 2. The van der Waals surface area contributed by atoms with Crippen LogP contribution in [-0.4, -0.2) is 47.4 Å². The second-order valence-electron chi connectivity index (χ2n) is 9.51. The van der Waals surface area contributed by atoms with E-state index in [-0.39, 0.29) is 23.3 Å². The summed E-state index contributed by atoms with van der Waals surface area (Å²) in [4.78, 5) is 54.8. The molecular weight excluding hydrogens is 552 g/mol. The fraction of sp³-hybridized carbons (Fsp3) is 0.176. The SMILES string of the molecule is CCCCCOC(=O)c1c(C(=O)c2ccccc2)c(O)c(O)c(OC(=O)c2ccccc2)c1C(=O)c1cccc(OC)c1. The number of aromatic hydroxyl groups is 2. The number of carbonyl (C=O) groups is 4. The van der Waals surface area contributed by atoms with E-state index in [1.807, 2.05) is 6.92 Å². The van der Waals surface area contributed by atoms with Gasteiger partial charge in [0.25, 0.3) is 0 Å². The average molecular weight is 583 g/mol. The molecule has 43 heavy (non-hydrogen) atoms. The van der Waals surface area contributed by atoms with E-state index in [1.165, 1.54) is 49.6 Å². The van der Waals surface area contributed by atoms with E-state index in [0.29, 0.717) is 12.2 Å². The zero-order valence-corrected chi connectivity index (χ0v) is 23.7. The minimum absolute atomic E-state index is 0.0143. The van der Waals surface area contributed by atoms with Crippen molar-refractivity contribution < 1.29 is 43.6 Å². The van der Waals surface area contributed by atoms with Crippen LogP contribution in [0.15, 0.2) is 84.9 Å². The molecule has 0 amide bonds. The number of hydrogen-bond donors (Lipinski definition) is 2. The number of hydrogen-bond acceptors (Lipinski definition) is 9. The number of phenols is 2. The number of carbonyl (C=O) groups excluding carboxylic acids is 4. The molecule has 9 heteroatoms. The maximum atomic E-state index is 14.2. The van der Waals surface area contributed by atoms with E-state index in [0.717, 1.165) is 12.8 Å². The molecule has 0 unspecified atom stereocenters. The average Bonchev–Trinajstić information content (AvgIpc) is 3.05. The van der Waals surface area contributed by atoms with Crippen LogP contribution in [0.2, 0.25) is 0 Å². The van der Waals surface area contributed by atoms with Crippen molar-refractivity contribution in [3.63, 3.8) is 0 Å². The largest absolute Gasteiger partial charge is 0.504 e. The standard InChI is InChI=1S/C34H30O9/c1-3-4-11-19-42-34(40)25-26(28(35)21-13-7-5-8-14-21)30(37)31(38)32(43-33(39)22-15-9-6-10-16-22)27(25)29(36)23-17-12-18-24(20-23)41-2/h5-10,12-18,20,37-38H,3-4,11,19H2,1-2H3. The lowest BCUT2D eigenvalue weighted by Gasteiger charge is -2.20. The molecule has 2 N–H and O–H groups in total. The Morgan fingerprint density at radius 2 is 1.26 bits per heavy atom. The molecule has 220 valence electrons. The number of esters is 2. The summed E-state index contributed by atoms with van der Waals surface area (Å²) in [5.41, 5.74) is -1.84. The molecule has 0 radical (unpaired) electrons. The van der Waals surface area contributed by atoms with Crippen molar-refractivity contribution in [2.45, 2.75) is 26.2 Å². The van der Waals surface area contributed by atoms with Crippen molar-refractivity contribution >= 4 is 23.5 Å². The van der Waals surface area contributed by atoms with Crippen molar-refractivity contribution in [2.75, 3.05) is 13.7 Å². The number of methoxy groups -OCH3 is 1. The Bertz CT molecular complexity index is 1640. The van der Waals surface area contributed by atoms with Gasteiger partial charge < -0.3 is 24.4 Å². The lowest BCUT2D eigenvalue weighted by molar-refractivity contribution is 0.0489. The number of ketones is 2. The van der Waals surface area contributed by atoms with Gasteiger partial charge in [0.2, 0.25) is 5.75 Å². The van der Waals surface area contributed by atoms with Gasteiger partial charge >= 0.3 is 11.9 Å². The van der Waals surface area contributed by atoms with Gasteiger partial charge in [-0.2, -0.15) is 0 Å². The lowest BCUT2D eigenvalue weighted by atomic mass is 9.88. The summed E-state index contributed by atoms with van der Waals surface area (Å²) in [7, 11) is 1.40. The van der Waals surface area contributed by atoms with E-state index in [9.17, 15) is 29.4 Å². The van der Waals surface area contributed by atoms with Gasteiger partial charge in [0, 0.05) is 11.1 Å². The number of benzene rings is 4. The first-order valence-electron chi connectivity index (χ1n) is 13.6. The van der Waals surface area contributed by atoms with Crippen LogP contribution in [0.4, 0.5) is 0 Å². The smallest absolute Gasteiger partial charge is 0.343 e. The summed E-state index contributed by atoms with van der Waals surface area (Å²) < 4.78 is 16.2. The first-order valence-corrected chi connectivity index (χ1v) is 13.6. The zero-order valence-electron chi connectivity index (χ0n) is 23.7. The van der Waals surface area contributed by atoms with Crippen LogP contribution >= 0.6 is 0 Å². The fourth-order valence-corrected chi connectivity index (χ4v) is 4.40. The normalized spacial score (nSPS) is 10.6. The minimum atomic E-state index is -1.12. The molecule has 0 bridgehead atoms. The second-order valence-corrected chi connectivity index (χ2v) is 9.51. The highest BCUT2D eigenvalue weighted by Gasteiger charge is 2.37. The Morgan fingerprint density at radius 1 is 0.651 bits per heavy atom. The Labute approximate surface area is 248 Å². The van der Waals surface area contributed by atoms with Gasteiger partial charge in [0.05, 0.1) is 36.0 Å². The van der Waals surface area contributed by atoms with Gasteiger partial charge in [-0.3, -0.25) is 9.59 Å². The molecular formula is C34H30O9. The van der Waals surface area contributed by atoms with E-state index in [2.05, 4.69) is 0 Å². The highest BCUT2D eigenvalue weighted by molar-refractivity contribution is 6.24. The van der Waals surface area contributed by atoms with Crippen molar-refractivity contribution in [3.8, 4) is 23.0 Å². The maximum absolute atomic E-state index is 14.2. The Hall–Kier alpha value is -5.44. The molecule has 0 atom stereocenters. The predicted molar refractivity (Wildman–Crippen MR) is 157 cm³/mol. The summed E-state index contributed by atoms with van der Waals surface area (Å²) in [6.45, 7) is 1.92. The molecule has 9 nitrogen and oxygen atoms in total. The first kappa shape index (κ1) is 30.5. The van der Waals surface area contributed by atoms with Crippen molar-refractivity contribution in [1.82, 2.24) is 0 Å². The quantitative estimate of drug-likeness (QED) is 0.0664. The van der Waals surface area contributed by atoms with Gasteiger partial charge in [-0.25, -0.2) is 9.59 Å². The highest BCUT2D eigenvalue weighted by Crippen LogP contribution is 2.46. The van der Waals surface area contributed by atoms with Gasteiger partial charge in [0.1, 0.15) is 5.75 Å². The number of rotatable bonds is 12. The van der Waals surface area contributed by atoms with Crippen molar-refractivity contribution in [2.24, 2.45) is 0 Å². The summed E-state index contributed by atoms with van der Waals surface area (Å²) in [5, 5.41) is 22.4. The maximum Gasteiger partial charge on any atom is 0.343 e. The molecule has 0 saturated carbocycles. The van der Waals surface area contributed by atoms with Gasteiger partial charge in [-0.05, 0) is 30.7 Å². The topological polar surface area (TPSA) is 136 Å². The van der Waals surface area contributed by atoms with Crippen LogP contribution in [0.25, 0.3) is 0 Å². The third-order valence-electron chi connectivity index (χ3n) is 6.61. The van der Waals surface area contributed by atoms with Gasteiger partial charge in [-0.1, -0.05) is 80.4 Å². The highest BCUT2D eigenvalue weighted by atomic mass is 16.5. The third-order valence-corrected chi connectivity index (χ3v) is 6.61. The number of unbranched alkanes of at least 4 members (excludes halogenated alkanes) is 2. The molecule has 0 aromatic heterocycles. The molecule has 0 spiro atoms. The van der Waals surface area contributed by atoms with Crippen LogP contribution in [-0.2, 0) is 4.74 Å². The van der Waals surface area contributed by atoms with Crippen LogP contribution in [0, 0.1) is 0 Å². The zero-order chi connectivity index (χ0) is 30.9. The summed E-state index contributed by atoms with van der Waals surface area (Å²) in [6.07, 6.45) is 2.09. The Morgan fingerprint density at radius 3 is 1.88 bits per heavy atom. The molecule has 4 aromatic rings. The molecule has 0 aliphatic carbocycles. The molecule has 0 aliphatic heterocycles. The van der Waals surface area contributed by atoms with Gasteiger partial charge in [0.15, 0.2) is 23.1 Å². The summed E-state index contributed by atoms with van der Waals surface area (Å²) in [6, 6.07) is 21.4. The first-order chi connectivity index (χ1) is 20.8. The van der Waals surface area contributed by atoms with Crippen LogP contribution in [0.3, 0.4) is 0 Å². The third kappa shape index (κ3) is 6.73. The van der Waals surface area contributed by atoms with E-state index in [4.69, 9.17) is 14.2 Å². The van der Waals surface area contributed by atoms with E-state index in [1.54, 1.807) is 42.5 Å². The molecule has 4 aromatic carbocycles. The van der Waals surface area contributed by atoms with Crippen molar-refractivity contribution in [1.29, 1.82) is 0 Å². The molecule has 0 saturated heterocycles.